The van der Waals surface area contributed by atoms with Crippen molar-refractivity contribution in [3.63, 3.8) is 0 Å². The van der Waals surface area contributed by atoms with Gasteiger partial charge in [0.2, 0.25) is 5.91 Å². The molecule has 0 spiro atoms. The molecule has 0 radical (unpaired) electrons. The van der Waals surface area contributed by atoms with Gasteiger partial charge in [0.15, 0.2) is 17.1 Å². The first-order chi connectivity index (χ1) is 16.9. The van der Waals surface area contributed by atoms with Crippen LogP contribution in [-0.4, -0.2) is 38.4 Å². The maximum absolute atomic E-state index is 12.5. The van der Waals surface area contributed by atoms with E-state index in [1.807, 2.05) is 60.0 Å². The first kappa shape index (κ1) is 26.3. The molecule has 0 aliphatic heterocycles. The molecule has 3 aromatic rings. The molecule has 3 rings (SSSR count). The van der Waals surface area contributed by atoms with Crippen molar-refractivity contribution in [1.82, 2.24) is 20.1 Å². The molecular formula is C26H33N5O3S. The quantitative estimate of drug-likeness (QED) is 0.365. The summed E-state index contributed by atoms with van der Waals surface area (Å²) in [6, 6.07) is 15.5. The number of nitrogens with zero attached hydrogens (tertiary/aromatic N) is 3. The van der Waals surface area contributed by atoms with E-state index in [0.717, 1.165) is 18.5 Å². The van der Waals surface area contributed by atoms with Gasteiger partial charge in [0.05, 0.1) is 12.3 Å². The predicted molar refractivity (Wildman–Crippen MR) is 139 cm³/mol. The molecule has 8 nitrogen and oxygen atoms in total. The number of hydrogen-bond donors (Lipinski definition) is 2. The van der Waals surface area contributed by atoms with Crippen molar-refractivity contribution >= 4 is 29.3 Å². The molecule has 1 atom stereocenters. The number of thioether (sulfide) groups is 1. The molecule has 0 unspecified atom stereocenters. The number of ether oxygens (including phenoxy) is 1. The van der Waals surface area contributed by atoms with E-state index in [9.17, 15) is 9.59 Å². The van der Waals surface area contributed by atoms with Gasteiger partial charge in [-0.15, -0.1) is 10.2 Å². The number of aryl methyl sites for hydroxylation is 2. The Morgan fingerprint density at radius 3 is 2.20 bits per heavy atom. The third-order valence-electron chi connectivity index (χ3n) is 5.52. The van der Waals surface area contributed by atoms with Gasteiger partial charge in [-0.1, -0.05) is 49.9 Å². The van der Waals surface area contributed by atoms with Gasteiger partial charge in [-0.05, 0) is 62.1 Å². The fourth-order valence-electron chi connectivity index (χ4n) is 3.40. The van der Waals surface area contributed by atoms with Gasteiger partial charge in [0.1, 0.15) is 5.75 Å². The number of amides is 2. The topological polar surface area (TPSA) is 98.1 Å². The molecule has 9 heteroatoms. The zero-order chi connectivity index (χ0) is 25.2. The summed E-state index contributed by atoms with van der Waals surface area (Å²) >= 11 is 1.31. The number of anilines is 1. The van der Waals surface area contributed by atoms with Gasteiger partial charge in [-0.2, -0.15) is 0 Å². The standard InChI is InChI=1S/C26H33N5O3S/c1-5-19-8-12-21(13-9-19)28-24(32)17-35-26-30-29-23(31(26)7-3)16-27-25(33)18(4)34-22-14-10-20(6-2)11-15-22/h8-15,18H,5-7,16-17H2,1-4H3,(H,27,33)(H,28,32)/t18-/m0/s1. The second-order valence-corrected chi connectivity index (χ2v) is 8.95. The summed E-state index contributed by atoms with van der Waals surface area (Å²) in [5, 5.41) is 14.8. The minimum atomic E-state index is -0.649. The minimum Gasteiger partial charge on any atom is -0.481 e. The number of aromatic nitrogens is 3. The smallest absolute Gasteiger partial charge is 0.261 e. The van der Waals surface area contributed by atoms with E-state index in [-0.39, 0.29) is 24.1 Å². The van der Waals surface area contributed by atoms with Crippen LogP contribution in [0.3, 0.4) is 0 Å². The average Bonchev–Trinajstić information content (AvgIpc) is 3.28. The van der Waals surface area contributed by atoms with E-state index in [2.05, 4.69) is 34.7 Å². The first-order valence-corrected chi connectivity index (χ1v) is 12.9. The lowest BCUT2D eigenvalue weighted by molar-refractivity contribution is -0.127. The molecule has 1 aromatic heterocycles. The largest absolute Gasteiger partial charge is 0.481 e. The third-order valence-corrected chi connectivity index (χ3v) is 6.49. The first-order valence-electron chi connectivity index (χ1n) is 11.9. The van der Waals surface area contributed by atoms with Crippen molar-refractivity contribution in [2.75, 3.05) is 11.1 Å². The van der Waals surface area contributed by atoms with E-state index in [0.29, 0.717) is 23.3 Å². The van der Waals surface area contributed by atoms with Gasteiger partial charge in [0, 0.05) is 12.2 Å². The monoisotopic (exact) mass is 495 g/mol. The van der Waals surface area contributed by atoms with E-state index >= 15 is 0 Å². The zero-order valence-corrected chi connectivity index (χ0v) is 21.5. The van der Waals surface area contributed by atoms with Crippen molar-refractivity contribution in [2.45, 2.75) is 64.9 Å². The van der Waals surface area contributed by atoms with Crippen LogP contribution in [0.1, 0.15) is 44.6 Å². The molecule has 2 N–H and O–H groups in total. The van der Waals surface area contributed by atoms with Gasteiger partial charge in [-0.3, -0.25) is 9.59 Å². The van der Waals surface area contributed by atoms with Crippen LogP contribution < -0.4 is 15.4 Å². The molecule has 0 aliphatic rings. The lowest BCUT2D eigenvalue weighted by Crippen LogP contribution is -2.36. The van der Waals surface area contributed by atoms with Crippen LogP contribution in [0.15, 0.2) is 53.7 Å². The van der Waals surface area contributed by atoms with Crippen molar-refractivity contribution in [3.05, 3.63) is 65.5 Å². The maximum Gasteiger partial charge on any atom is 0.261 e. The molecule has 0 bridgehead atoms. The summed E-state index contributed by atoms with van der Waals surface area (Å²) in [5.74, 6) is 1.13. The summed E-state index contributed by atoms with van der Waals surface area (Å²) in [7, 11) is 0. The average molecular weight is 496 g/mol. The molecule has 2 amide bonds. The van der Waals surface area contributed by atoms with Crippen LogP contribution in [0.25, 0.3) is 0 Å². The van der Waals surface area contributed by atoms with Gasteiger partial charge < -0.3 is 19.9 Å². The second-order valence-electron chi connectivity index (χ2n) is 8.01. The van der Waals surface area contributed by atoms with Crippen LogP contribution >= 0.6 is 11.8 Å². The fourth-order valence-corrected chi connectivity index (χ4v) is 4.22. The molecule has 0 saturated carbocycles. The highest BCUT2D eigenvalue weighted by Gasteiger charge is 2.18. The summed E-state index contributed by atoms with van der Waals surface area (Å²) < 4.78 is 7.64. The second kappa shape index (κ2) is 12.9. The number of rotatable bonds is 12. The number of benzene rings is 2. The summed E-state index contributed by atoms with van der Waals surface area (Å²) in [4.78, 5) is 24.9. The Kier molecular flexibility index (Phi) is 9.72. The van der Waals surface area contributed by atoms with Crippen LogP contribution in [0.2, 0.25) is 0 Å². The Balaban J connectivity index is 1.49. The lowest BCUT2D eigenvalue weighted by atomic mass is 10.1. The number of carbonyl (C=O) groups excluding carboxylic acids is 2. The van der Waals surface area contributed by atoms with E-state index < -0.39 is 6.10 Å². The van der Waals surface area contributed by atoms with Crippen molar-refractivity contribution in [3.8, 4) is 5.75 Å². The van der Waals surface area contributed by atoms with E-state index in [1.165, 1.54) is 22.9 Å². The molecule has 2 aromatic carbocycles. The van der Waals surface area contributed by atoms with Crippen LogP contribution in [0, 0.1) is 0 Å². The molecule has 0 saturated heterocycles. The van der Waals surface area contributed by atoms with Crippen LogP contribution in [-0.2, 0) is 35.5 Å². The van der Waals surface area contributed by atoms with Gasteiger partial charge >= 0.3 is 0 Å². The van der Waals surface area contributed by atoms with Crippen molar-refractivity contribution in [1.29, 1.82) is 0 Å². The highest BCUT2D eigenvalue weighted by molar-refractivity contribution is 7.99. The Hall–Kier alpha value is -3.33. The highest BCUT2D eigenvalue weighted by Crippen LogP contribution is 2.18. The lowest BCUT2D eigenvalue weighted by Gasteiger charge is -2.15. The minimum absolute atomic E-state index is 0.113. The van der Waals surface area contributed by atoms with Crippen molar-refractivity contribution < 1.29 is 14.3 Å². The Morgan fingerprint density at radius 2 is 1.60 bits per heavy atom. The number of carbonyl (C=O) groups is 2. The molecule has 186 valence electrons. The predicted octanol–water partition coefficient (Wildman–Crippen LogP) is 4.24. The summed E-state index contributed by atoms with van der Waals surface area (Å²) in [5.41, 5.74) is 3.20. The fraction of sp³-hybridized carbons (Fsp3) is 0.385. The Labute approximate surface area is 210 Å². The SMILES string of the molecule is CCc1ccc(NC(=O)CSc2nnc(CNC(=O)[C@H](C)Oc3ccc(CC)cc3)n2CC)cc1. The molecular weight excluding hydrogens is 462 g/mol. The van der Waals surface area contributed by atoms with E-state index in [4.69, 9.17) is 4.74 Å². The summed E-state index contributed by atoms with van der Waals surface area (Å²) in [6.45, 7) is 8.71. The Bertz CT molecular complexity index is 1110. The maximum atomic E-state index is 12.5. The van der Waals surface area contributed by atoms with Crippen LogP contribution in [0.4, 0.5) is 5.69 Å². The van der Waals surface area contributed by atoms with Gasteiger partial charge in [-0.25, -0.2) is 0 Å². The Morgan fingerprint density at radius 1 is 0.971 bits per heavy atom. The molecule has 35 heavy (non-hydrogen) atoms. The number of nitrogens with one attached hydrogen (secondary N) is 2. The van der Waals surface area contributed by atoms with Gasteiger partial charge in [0.25, 0.3) is 5.91 Å². The van der Waals surface area contributed by atoms with Crippen molar-refractivity contribution in [2.24, 2.45) is 0 Å². The zero-order valence-electron chi connectivity index (χ0n) is 20.7. The molecule has 1 heterocycles. The third kappa shape index (κ3) is 7.58. The molecule has 0 fully saturated rings. The van der Waals surface area contributed by atoms with E-state index in [1.54, 1.807) is 6.92 Å². The molecule has 0 aliphatic carbocycles. The number of hydrogen-bond acceptors (Lipinski definition) is 6. The normalized spacial score (nSPS) is 11.7. The van der Waals surface area contributed by atoms with Crippen LogP contribution in [0.5, 0.6) is 5.75 Å². The highest BCUT2D eigenvalue weighted by atomic mass is 32.2. The summed E-state index contributed by atoms with van der Waals surface area (Å²) in [6.07, 6.45) is 1.26.